The van der Waals surface area contributed by atoms with Gasteiger partial charge >= 0.3 is 0 Å². The third-order valence-corrected chi connectivity index (χ3v) is 3.73. The largest absolute Gasteiger partial charge is 0.273 e. The molecule has 1 rings (SSSR count). The molecular weight excluding hydrogens is 208 g/mol. The van der Waals surface area contributed by atoms with Crippen molar-refractivity contribution in [3.63, 3.8) is 0 Å². The summed E-state index contributed by atoms with van der Waals surface area (Å²) in [6.45, 7) is 4.49. The molecule has 1 unspecified atom stereocenters. The van der Waals surface area contributed by atoms with Gasteiger partial charge in [0.05, 0.1) is 0 Å². The second-order valence-corrected chi connectivity index (χ2v) is 4.91. The number of rotatable bonds is 6. The summed E-state index contributed by atoms with van der Waals surface area (Å²) in [6, 6.07) is 2.08. The van der Waals surface area contributed by atoms with Gasteiger partial charge in [-0.15, -0.1) is 11.6 Å². The Hall–Kier alpha value is -0.500. The summed E-state index contributed by atoms with van der Waals surface area (Å²) in [5, 5.41) is 4.17. The first kappa shape index (κ1) is 12.6. The Labute approximate surface area is 97.6 Å². The van der Waals surface area contributed by atoms with Crippen LogP contribution in [0.2, 0.25) is 0 Å². The van der Waals surface area contributed by atoms with Gasteiger partial charge in [0.15, 0.2) is 0 Å². The van der Waals surface area contributed by atoms with E-state index < -0.39 is 0 Å². The molecule has 1 aromatic heterocycles. The van der Waals surface area contributed by atoms with Crippen molar-refractivity contribution in [2.45, 2.75) is 39.5 Å². The number of hydrogen-bond acceptors (Lipinski definition) is 1. The van der Waals surface area contributed by atoms with Crippen molar-refractivity contribution >= 4 is 11.6 Å². The van der Waals surface area contributed by atoms with Gasteiger partial charge in [0.25, 0.3) is 0 Å². The zero-order chi connectivity index (χ0) is 11.3. The Bertz CT molecular complexity index is 296. The second-order valence-electron chi connectivity index (χ2n) is 4.64. The van der Waals surface area contributed by atoms with E-state index in [9.17, 15) is 0 Å². The molecule has 1 aromatic rings. The summed E-state index contributed by atoms with van der Waals surface area (Å²) in [5.41, 5.74) is 1.57. The predicted molar refractivity (Wildman–Crippen MR) is 65.3 cm³/mol. The van der Waals surface area contributed by atoms with Crippen LogP contribution in [0.25, 0.3) is 0 Å². The molecule has 3 heteroatoms. The zero-order valence-electron chi connectivity index (χ0n) is 9.96. The lowest BCUT2D eigenvalue weighted by Crippen LogP contribution is -2.19. The van der Waals surface area contributed by atoms with Crippen LogP contribution in [0.15, 0.2) is 12.3 Å². The van der Waals surface area contributed by atoms with Crippen LogP contribution in [-0.2, 0) is 13.5 Å². The Morgan fingerprint density at radius 3 is 2.67 bits per heavy atom. The summed E-state index contributed by atoms with van der Waals surface area (Å²) in [4.78, 5) is 0. The van der Waals surface area contributed by atoms with Crippen molar-refractivity contribution in [1.82, 2.24) is 9.78 Å². The van der Waals surface area contributed by atoms with E-state index in [-0.39, 0.29) is 5.41 Å². The van der Waals surface area contributed by atoms with Gasteiger partial charge in [-0.25, -0.2) is 0 Å². The molecule has 0 bridgehead atoms. The van der Waals surface area contributed by atoms with Crippen LogP contribution in [0.3, 0.4) is 0 Å². The van der Waals surface area contributed by atoms with Gasteiger partial charge < -0.3 is 0 Å². The predicted octanol–water partition coefficient (Wildman–Crippen LogP) is 3.40. The van der Waals surface area contributed by atoms with E-state index in [2.05, 4.69) is 25.0 Å². The molecule has 0 radical (unpaired) electrons. The molecular formula is C12H21ClN2. The Balaban J connectivity index is 2.51. The van der Waals surface area contributed by atoms with Crippen molar-refractivity contribution < 1.29 is 0 Å². The first-order chi connectivity index (χ1) is 7.11. The first-order valence-electron chi connectivity index (χ1n) is 5.64. The van der Waals surface area contributed by atoms with Crippen LogP contribution >= 0.6 is 11.6 Å². The lowest BCUT2D eigenvalue weighted by Gasteiger charge is -2.26. The van der Waals surface area contributed by atoms with Gasteiger partial charge in [-0.2, -0.15) is 5.10 Å². The van der Waals surface area contributed by atoms with Gasteiger partial charge in [-0.05, 0) is 30.7 Å². The third-order valence-electron chi connectivity index (χ3n) is 3.08. The summed E-state index contributed by atoms with van der Waals surface area (Å²) in [6.07, 6.45) is 6.47. The van der Waals surface area contributed by atoms with Crippen LogP contribution in [0.4, 0.5) is 0 Å². The van der Waals surface area contributed by atoms with E-state index in [4.69, 9.17) is 11.6 Å². The Kier molecular flexibility index (Phi) is 4.65. The van der Waals surface area contributed by atoms with Crippen LogP contribution in [-0.4, -0.2) is 15.7 Å². The van der Waals surface area contributed by atoms with E-state index in [0.717, 1.165) is 18.7 Å². The van der Waals surface area contributed by atoms with Crippen LogP contribution < -0.4 is 0 Å². The number of nitrogens with zero attached hydrogens (tertiary/aromatic N) is 2. The number of aromatic nitrogens is 2. The normalized spacial score (nSPS) is 15.2. The quantitative estimate of drug-likeness (QED) is 0.683. The lowest BCUT2D eigenvalue weighted by molar-refractivity contribution is 0.307. The fourth-order valence-corrected chi connectivity index (χ4v) is 2.21. The fourth-order valence-electron chi connectivity index (χ4n) is 1.94. The van der Waals surface area contributed by atoms with Crippen LogP contribution in [0, 0.1) is 5.41 Å². The Morgan fingerprint density at radius 1 is 1.47 bits per heavy atom. The minimum Gasteiger partial charge on any atom is -0.273 e. The fraction of sp³-hybridized carbons (Fsp3) is 0.750. The van der Waals surface area contributed by atoms with Gasteiger partial charge in [0.1, 0.15) is 0 Å². The standard InChI is InChI=1S/C12H21ClN2/c1-4-7-12(2,10-13)8-5-11-6-9-14-15(11)3/h6,9H,4-5,7-8,10H2,1-3H3. The minimum absolute atomic E-state index is 0.278. The maximum atomic E-state index is 6.05. The number of halogens is 1. The molecule has 1 atom stereocenters. The molecule has 0 saturated heterocycles. The molecule has 0 fully saturated rings. The average Bonchev–Trinajstić information content (AvgIpc) is 2.62. The number of alkyl halides is 1. The van der Waals surface area contributed by atoms with Gasteiger partial charge in [-0.3, -0.25) is 4.68 Å². The smallest absolute Gasteiger partial charge is 0.0492 e. The van der Waals surface area contributed by atoms with Gasteiger partial charge in [-0.1, -0.05) is 20.3 Å². The molecule has 2 nitrogen and oxygen atoms in total. The van der Waals surface area contributed by atoms with Crippen LogP contribution in [0.1, 0.15) is 38.8 Å². The molecule has 0 aliphatic rings. The van der Waals surface area contributed by atoms with E-state index in [1.54, 1.807) is 0 Å². The van der Waals surface area contributed by atoms with Gasteiger partial charge in [0.2, 0.25) is 0 Å². The van der Waals surface area contributed by atoms with Crippen molar-refractivity contribution in [2.24, 2.45) is 12.5 Å². The molecule has 15 heavy (non-hydrogen) atoms. The molecule has 0 aromatic carbocycles. The molecule has 0 amide bonds. The summed E-state index contributed by atoms with van der Waals surface area (Å²) >= 11 is 6.05. The van der Waals surface area contributed by atoms with Crippen molar-refractivity contribution in [3.05, 3.63) is 18.0 Å². The molecule has 0 saturated carbocycles. The number of hydrogen-bond donors (Lipinski definition) is 0. The van der Waals surface area contributed by atoms with Gasteiger partial charge in [0, 0.05) is 24.8 Å². The van der Waals surface area contributed by atoms with Crippen molar-refractivity contribution in [1.29, 1.82) is 0 Å². The highest BCUT2D eigenvalue weighted by atomic mass is 35.5. The summed E-state index contributed by atoms with van der Waals surface area (Å²) < 4.78 is 1.95. The average molecular weight is 229 g/mol. The third kappa shape index (κ3) is 3.53. The molecule has 0 N–H and O–H groups in total. The first-order valence-corrected chi connectivity index (χ1v) is 6.17. The van der Waals surface area contributed by atoms with Crippen molar-refractivity contribution in [3.8, 4) is 0 Å². The Morgan fingerprint density at radius 2 is 2.20 bits per heavy atom. The van der Waals surface area contributed by atoms with Crippen molar-refractivity contribution in [2.75, 3.05) is 5.88 Å². The highest BCUT2D eigenvalue weighted by molar-refractivity contribution is 6.18. The highest BCUT2D eigenvalue weighted by Crippen LogP contribution is 2.30. The lowest BCUT2D eigenvalue weighted by atomic mass is 9.83. The molecule has 0 spiro atoms. The monoisotopic (exact) mass is 228 g/mol. The highest BCUT2D eigenvalue weighted by Gasteiger charge is 2.22. The molecule has 86 valence electrons. The summed E-state index contributed by atoms with van der Waals surface area (Å²) in [5.74, 6) is 0.749. The minimum atomic E-state index is 0.278. The van der Waals surface area contributed by atoms with E-state index in [1.807, 2.05) is 17.9 Å². The summed E-state index contributed by atoms with van der Waals surface area (Å²) in [7, 11) is 1.99. The van der Waals surface area contributed by atoms with E-state index in [1.165, 1.54) is 18.5 Å². The SMILES string of the molecule is CCCC(C)(CCl)CCc1ccnn1C. The molecule has 0 aliphatic heterocycles. The number of aryl methyl sites for hydroxylation is 2. The second kappa shape index (κ2) is 5.55. The zero-order valence-corrected chi connectivity index (χ0v) is 10.7. The maximum Gasteiger partial charge on any atom is 0.0492 e. The van der Waals surface area contributed by atoms with E-state index in [0.29, 0.717) is 0 Å². The molecule has 1 heterocycles. The maximum absolute atomic E-state index is 6.05. The van der Waals surface area contributed by atoms with Crippen LogP contribution in [0.5, 0.6) is 0 Å². The molecule has 0 aliphatic carbocycles. The topological polar surface area (TPSA) is 17.8 Å². The van der Waals surface area contributed by atoms with E-state index >= 15 is 0 Å².